The highest BCUT2D eigenvalue weighted by Gasteiger charge is 2.43. The SMILES string of the molecule is Cc1noc(C)c1S(=O)(=O)N1CCCOCCNC(=O)[C@@H]2CCC[C@@H]21. The van der Waals surface area contributed by atoms with Crippen molar-refractivity contribution in [2.45, 2.75) is 50.5 Å². The van der Waals surface area contributed by atoms with Gasteiger partial charge in [0.25, 0.3) is 0 Å². The molecule has 140 valence electrons. The van der Waals surface area contributed by atoms with E-state index in [1.807, 2.05) is 0 Å². The number of nitrogens with one attached hydrogen (secondary N) is 1. The van der Waals surface area contributed by atoms with Gasteiger partial charge in [-0.2, -0.15) is 4.31 Å². The van der Waals surface area contributed by atoms with E-state index in [1.54, 1.807) is 13.8 Å². The van der Waals surface area contributed by atoms with Crippen LogP contribution in [0.2, 0.25) is 0 Å². The van der Waals surface area contributed by atoms with Crippen molar-refractivity contribution in [2.75, 3.05) is 26.3 Å². The van der Waals surface area contributed by atoms with Crippen molar-refractivity contribution in [3.8, 4) is 0 Å². The molecule has 1 aliphatic carbocycles. The van der Waals surface area contributed by atoms with Crippen molar-refractivity contribution in [1.29, 1.82) is 0 Å². The van der Waals surface area contributed by atoms with Crippen molar-refractivity contribution in [3.05, 3.63) is 11.5 Å². The fourth-order valence-corrected chi connectivity index (χ4v) is 5.84. The molecule has 0 radical (unpaired) electrons. The molecule has 1 aliphatic heterocycles. The summed E-state index contributed by atoms with van der Waals surface area (Å²) in [4.78, 5) is 12.6. The van der Waals surface area contributed by atoms with Gasteiger partial charge in [-0.15, -0.1) is 0 Å². The van der Waals surface area contributed by atoms with Gasteiger partial charge in [0.15, 0.2) is 5.76 Å². The summed E-state index contributed by atoms with van der Waals surface area (Å²) in [6.45, 7) is 4.90. The summed E-state index contributed by atoms with van der Waals surface area (Å²) >= 11 is 0. The highest BCUT2D eigenvalue weighted by atomic mass is 32.2. The van der Waals surface area contributed by atoms with Gasteiger partial charge in [0, 0.05) is 25.7 Å². The van der Waals surface area contributed by atoms with Crippen LogP contribution >= 0.6 is 0 Å². The third-order valence-electron chi connectivity index (χ3n) is 4.93. The highest BCUT2D eigenvalue weighted by Crippen LogP contribution is 2.35. The fourth-order valence-electron chi connectivity index (χ4n) is 3.82. The van der Waals surface area contributed by atoms with Gasteiger partial charge in [-0.25, -0.2) is 8.42 Å². The Labute approximate surface area is 147 Å². The van der Waals surface area contributed by atoms with Gasteiger partial charge >= 0.3 is 0 Å². The summed E-state index contributed by atoms with van der Waals surface area (Å²) in [5.74, 6) is -0.137. The van der Waals surface area contributed by atoms with Crippen molar-refractivity contribution < 1.29 is 22.5 Å². The largest absolute Gasteiger partial charge is 0.380 e. The second kappa shape index (κ2) is 7.43. The summed E-state index contributed by atoms with van der Waals surface area (Å²) in [5.41, 5.74) is 0.349. The van der Waals surface area contributed by atoms with Crippen molar-refractivity contribution in [3.63, 3.8) is 0 Å². The molecule has 0 bridgehead atoms. The smallest absolute Gasteiger partial charge is 0.248 e. The molecule has 1 N–H and O–H groups in total. The number of amides is 1. The second-order valence-corrected chi connectivity index (χ2v) is 8.46. The van der Waals surface area contributed by atoms with Gasteiger partial charge in [-0.05, 0) is 33.1 Å². The van der Waals surface area contributed by atoms with E-state index in [0.717, 1.165) is 6.42 Å². The molecule has 3 rings (SSSR count). The Balaban J connectivity index is 1.98. The number of ether oxygens (including phenoxy) is 1. The van der Waals surface area contributed by atoms with Gasteiger partial charge in [-0.3, -0.25) is 4.79 Å². The first-order valence-corrected chi connectivity index (χ1v) is 10.2. The first-order chi connectivity index (χ1) is 11.9. The van der Waals surface area contributed by atoms with Gasteiger partial charge < -0.3 is 14.6 Å². The van der Waals surface area contributed by atoms with Gasteiger partial charge in [0.2, 0.25) is 15.9 Å². The first-order valence-electron chi connectivity index (χ1n) is 8.73. The Morgan fingerprint density at radius 1 is 1.20 bits per heavy atom. The molecule has 0 spiro atoms. The standard InChI is InChI=1S/C16H25N3O5S/c1-11-15(12(2)24-18-11)25(21,22)19-8-4-9-23-10-7-17-16(20)13-5-3-6-14(13)19/h13-14H,3-10H2,1-2H3,(H,17,20)/t13-,14+/m1/s1. The average Bonchev–Trinajstić information content (AvgIpc) is 3.15. The lowest BCUT2D eigenvalue weighted by Gasteiger charge is -2.31. The number of carbonyl (C=O) groups excluding carboxylic acids is 1. The summed E-state index contributed by atoms with van der Waals surface area (Å²) in [5, 5.41) is 6.65. The molecule has 1 aromatic heterocycles. The number of carbonyl (C=O) groups is 1. The summed E-state index contributed by atoms with van der Waals surface area (Å²) < 4.78 is 38.7. The van der Waals surface area contributed by atoms with E-state index < -0.39 is 10.0 Å². The lowest BCUT2D eigenvalue weighted by Crippen LogP contribution is -2.47. The molecule has 0 unspecified atom stereocenters. The fraction of sp³-hybridized carbons (Fsp3) is 0.750. The molecule has 2 fully saturated rings. The maximum absolute atomic E-state index is 13.3. The first kappa shape index (κ1) is 18.3. The van der Waals surface area contributed by atoms with Crippen LogP contribution < -0.4 is 5.32 Å². The molecule has 9 heteroatoms. The van der Waals surface area contributed by atoms with Gasteiger partial charge in [0.1, 0.15) is 10.6 Å². The number of aromatic nitrogens is 1. The quantitative estimate of drug-likeness (QED) is 0.832. The molecule has 8 nitrogen and oxygen atoms in total. The Morgan fingerprint density at radius 3 is 2.72 bits per heavy atom. The molecule has 1 aromatic rings. The van der Waals surface area contributed by atoms with E-state index in [4.69, 9.17) is 9.26 Å². The zero-order valence-electron chi connectivity index (χ0n) is 14.7. The van der Waals surface area contributed by atoms with Crippen LogP contribution in [0.4, 0.5) is 0 Å². The predicted molar refractivity (Wildman–Crippen MR) is 89.4 cm³/mol. The molecular formula is C16H25N3O5S. The number of hydrogen-bond acceptors (Lipinski definition) is 6. The Bertz CT molecular complexity index is 711. The Morgan fingerprint density at radius 2 is 2.00 bits per heavy atom. The molecule has 1 saturated heterocycles. The van der Waals surface area contributed by atoms with Crippen LogP contribution in [0.25, 0.3) is 0 Å². The molecular weight excluding hydrogens is 346 g/mol. The number of aryl methyl sites for hydroxylation is 2. The van der Waals surface area contributed by atoms with Crippen LogP contribution in [-0.4, -0.2) is 56.1 Å². The summed E-state index contributed by atoms with van der Waals surface area (Å²) in [6.07, 6.45) is 2.80. The van der Waals surface area contributed by atoms with E-state index >= 15 is 0 Å². The minimum Gasteiger partial charge on any atom is -0.380 e. The molecule has 2 heterocycles. The number of rotatable bonds is 2. The Hall–Kier alpha value is -1.45. The lowest BCUT2D eigenvalue weighted by atomic mass is 10.0. The maximum atomic E-state index is 13.3. The van der Waals surface area contributed by atoms with E-state index in [1.165, 1.54) is 4.31 Å². The van der Waals surface area contributed by atoms with Crippen LogP contribution in [0, 0.1) is 19.8 Å². The van der Waals surface area contributed by atoms with Crippen LogP contribution in [0.5, 0.6) is 0 Å². The normalized spacial score (nSPS) is 26.7. The molecule has 2 atom stereocenters. The molecule has 0 aromatic carbocycles. The minimum absolute atomic E-state index is 0.0908. The van der Waals surface area contributed by atoms with Crippen molar-refractivity contribution in [2.24, 2.45) is 5.92 Å². The molecule has 25 heavy (non-hydrogen) atoms. The van der Waals surface area contributed by atoms with Crippen molar-refractivity contribution >= 4 is 15.9 Å². The minimum atomic E-state index is -3.80. The lowest BCUT2D eigenvalue weighted by molar-refractivity contribution is -0.126. The highest BCUT2D eigenvalue weighted by molar-refractivity contribution is 7.89. The van der Waals surface area contributed by atoms with Crippen LogP contribution in [-0.2, 0) is 19.6 Å². The second-order valence-electron chi connectivity index (χ2n) is 6.63. The maximum Gasteiger partial charge on any atom is 0.248 e. The molecule has 2 aliphatic rings. The third-order valence-corrected chi connectivity index (χ3v) is 7.10. The number of sulfonamides is 1. The summed E-state index contributed by atoms with van der Waals surface area (Å²) in [7, 11) is -3.80. The van der Waals surface area contributed by atoms with Crippen LogP contribution in [0.1, 0.15) is 37.1 Å². The number of hydrogen-bond donors (Lipinski definition) is 1. The van der Waals surface area contributed by atoms with Crippen LogP contribution in [0.3, 0.4) is 0 Å². The monoisotopic (exact) mass is 371 g/mol. The van der Waals surface area contributed by atoms with E-state index in [0.29, 0.717) is 51.3 Å². The zero-order valence-corrected chi connectivity index (χ0v) is 15.5. The molecule has 1 saturated carbocycles. The summed E-state index contributed by atoms with van der Waals surface area (Å²) in [6, 6.07) is -0.336. The van der Waals surface area contributed by atoms with E-state index in [-0.39, 0.29) is 28.5 Å². The topological polar surface area (TPSA) is 102 Å². The number of fused-ring (bicyclic) bond motifs is 1. The zero-order chi connectivity index (χ0) is 18.0. The number of nitrogens with zero attached hydrogens (tertiary/aromatic N) is 2. The van der Waals surface area contributed by atoms with Gasteiger partial charge in [0.05, 0.1) is 12.5 Å². The third kappa shape index (κ3) is 3.58. The predicted octanol–water partition coefficient (Wildman–Crippen LogP) is 0.987. The Kier molecular flexibility index (Phi) is 5.45. The van der Waals surface area contributed by atoms with Crippen LogP contribution in [0.15, 0.2) is 9.42 Å². The van der Waals surface area contributed by atoms with Crippen molar-refractivity contribution in [1.82, 2.24) is 14.8 Å². The van der Waals surface area contributed by atoms with E-state index in [9.17, 15) is 13.2 Å². The van der Waals surface area contributed by atoms with E-state index in [2.05, 4.69) is 10.5 Å². The van der Waals surface area contributed by atoms with Gasteiger partial charge in [-0.1, -0.05) is 11.6 Å². The average molecular weight is 371 g/mol. The molecule has 1 amide bonds.